The summed E-state index contributed by atoms with van der Waals surface area (Å²) < 4.78 is 0. The summed E-state index contributed by atoms with van der Waals surface area (Å²) in [4.78, 5) is 36.1. The third kappa shape index (κ3) is 3.88. The third-order valence-corrected chi connectivity index (χ3v) is 5.44. The fraction of sp³-hybridized carbons (Fsp3) is 0.120. The number of benzene rings is 3. The first-order valence-corrected chi connectivity index (χ1v) is 10.2. The van der Waals surface area contributed by atoms with Crippen LogP contribution in [0.25, 0.3) is 22.3 Å². The van der Waals surface area contributed by atoms with Gasteiger partial charge in [0.2, 0.25) is 11.8 Å². The molecule has 2 amide bonds. The van der Waals surface area contributed by atoms with Gasteiger partial charge in [-0.1, -0.05) is 42.5 Å². The molecule has 0 saturated carbocycles. The molecular formula is C25H20N4O2. The number of carbonyl (C=O) groups excluding carboxylic acids is 2. The van der Waals surface area contributed by atoms with E-state index in [-0.39, 0.29) is 18.2 Å². The monoisotopic (exact) mass is 408 g/mol. The number of anilines is 2. The van der Waals surface area contributed by atoms with Crippen molar-refractivity contribution in [3.63, 3.8) is 0 Å². The summed E-state index contributed by atoms with van der Waals surface area (Å²) in [6.45, 7) is 0.379. The van der Waals surface area contributed by atoms with Gasteiger partial charge in [-0.2, -0.15) is 0 Å². The summed E-state index contributed by atoms with van der Waals surface area (Å²) in [7, 11) is 0. The van der Waals surface area contributed by atoms with Crippen molar-refractivity contribution in [2.45, 2.75) is 6.42 Å². The van der Waals surface area contributed by atoms with E-state index in [9.17, 15) is 9.59 Å². The maximum atomic E-state index is 12.8. The Balaban J connectivity index is 1.32. The Labute approximate surface area is 179 Å². The van der Waals surface area contributed by atoms with Gasteiger partial charge in [-0.15, -0.1) is 0 Å². The third-order valence-electron chi connectivity index (χ3n) is 5.44. The number of hydrogen-bond donors (Lipinski definition) is 1. The zero-order chi connectivity index (χ0) is 21.2. The van der Waals surface area contributed by atoms with E-state index >= 15 is 0 Å². The van der Waals surface area contributed by atoms with E-state index in [4.69, 9.17) is 0 Å². The van der Waals surface area contributed by atoms with Crippen molar-refractivity contribution in [1.82, 2.24) is 9.97 Å². The van der Waals surface area contributed by atoms with Gasteiger partial charge in [0.25, 0.3) is 0 Å². The number of para-hydroxylation sites is 3. The van der Waals surface area contributed by atoms with Gasteiger partial charge in [-0.3, -0.25) is 14.6 Å². The molecule has 2 heterocycles. The van der Waals surface area contributed by atoms with E-state index < -0.39 is 5.92 Å². The molecule has 0 spiro atoms. The van der Waals surface area contributed by atoms with Gasteiger partial charge in [-0.05, 0) is 36.4 Å². The second-order valence-electron chi connectivity index (χ2n) is 7.55. The van der Waals surface area contributed by atoms with Crippen LogP contribution in [0.2, 0.25) is 0 Å². The minimum atomic E-state index is -0.392. The minimum Gasteiger partial charge on any atom is -0.326 e. The van der Waals surface area contributed by atoms with Gasteiger partial charge in [0.05, 0.1) is 28.8 Å². The SMILES string of the molecule is O=C(Nc1cccc(-c2cnc3ccccc3n2)c1)[C@@H]1CC(=O)N(c2ccccc2)C1. The molecule has 1 aliphatic heterocycles. The van der Waals surface area contributed by atoms with Crippen LogP contribution >= 0.6 is 0 Å². The van der Waals surface area contributed by atoms with Crippen LogP contribution in [0.5, 0.6) is 0 Å². The second kappa shape index (κ2) is 7.99. The van der Waals surface area contributed by atoms with Gasteiger partial charge in [0.15, 0.2) is 0 Å². The molecule has 0 unspecified atom stereocenters. The zero-order valence-corrected chi connectivity index (χ0v) is 16.7. The maximum Gasteiger partial charge on any atom is 0.229 e. The number of rotatable bonds is 4. The molecule has 152 valence electrons. The molecule has 0 aliphatic carbocycles. The largest absolute Gasteiger partial charge is 0.326 e. The summed E-state index contributed by atoms with van der Waals surface area (Å²) in [5.41, 5.74) is 4.75. The van der Waals surface area contributed by atoms with Gasteiger partial charge < -0.3 is 10.2 Å². The minimum absolute atomic E-state index is 0.0356. The van der Waals surface area contributed by atoms with Crippen molar-refractivity contribution in [3.8, 4) is 11.3 Å². The van der Waals surface area contributed by atoms with Crippen molar-refractivity contribution in [2.75, 3.05) is 16.8 Å². The molecule has 5 rings (SSSR count). The van der Waals surface area contributed by atoms with Crippen LogP contribution in [-0.4, -0.2) is 28.3 Å². The molecule has 6 heteroatoms. The highest BCUT2D eigenvalue weighted by molar-refractivity contribution is 6.03. The lowest BCUT2D eigenvalue weighted by Gasteiger charge is -2.16. The highest BCUT2D eigenvalue weighted by Gasteiger charge is 2.35. The van der Waals surface area contributed by atoms with Crippen LogP contribution in [0, 0.1) is 5.92 Å². The Morgan fingerprint density at radius 3 is 2.55 bits per heavy atom. The Morgan fingerprint density at radius 2 is 1.71 bits per heavy atom. The Kier molecular flexibility index (Phi) is 4.88. The number of nitrogens with one attached hydrogen (secondary N) is 1. The van der Waals surface area contributed by atoms with Crippen LogP contribution < -0.4 is 10.2 Å². The van der Waals surface area contributed by atoms with Gasteiger partial charge in [0.1, 0.15) is 0 Å². The lowest BCUT2D eigenvalue weighted by atomic mass is 10.1. The van der Waals surface area contributed by atoms with Crippen LogP contribution in [0.4, 0.5) is 11.4 Å². The molecule has 4 aromatic rings. The molecule has 3 aromatic carbocycles. The number of carbonyl (C=O) groups is 2. The molecular weight excluding hydrogens is 388 g/mol. The first-order valence-electron chi connectivity index (χ1n) is 10.2. The van der Waals surface area contributed by atoms with Crippen molar-refractivity contribution in [1.29, 1.82) is 0 Å². The zero-order valence-electron chi connectivity index (χ0n) is 16.7. The maximum absolute atomic E-state index is 12.8. The molecule has 1 atom stereocenters. The Morgan fingerprint density at radius 1 is 0.935 bits per heavy atom. The van der Waals surface area contributed by atoms with Crippen LogP contribution in [0.15, 0.2) is 85.1 Å². The summed E-state index contributed by atoms with van der Waals surface area (Å²) in [5.74, 6) is -0.586. The summed E-state index contributed by atoms with van der Waals surface area (Å²) in [6, 6.07) is 24.7. The van der Waals surface area contributed by atoms with E-state index in [1.54, 1.807) is 11.1 Å². The van der Waals surface area contributed by atoms with E-state index in [1.165, 1.54) is 0 Å². The highest BCUT2D eigenvalue weighted by Crippen LogP contribution is 2.27. The topological polar surface area (TPSA) is 75.2 Å². The molecule has 1 aliphatic rings. The molecule has 1 aromatic heterocycles. The van der Waals surface area contributed by atoms with Crippen molar-refractivity contribution >= 4 is 34.2 Å². The van der Waals surface area contributed by atoms with Crippen LogP contribution in [0.3, 0.4) is 0 Å². The van der Waals surface area contributed by atoms with Gasteiger partial charge in [-0.25, -0.2) is 4.98 Å². The Bertz CT molecular complexity index is 1270. The number of fused-ring (bicyclic) bond motifs is 1. The van der Waals surface area contributed by atoms with E-state index in [0.29, 0.717) is 12.2 Å². The molecule has 1 fully saturated rings. The Hall–Kier alpha value is -4.06. The van der Waals surface area contributed by atoms with E-state index in [1.807, 2.05) is 78.9 Å². The predicted octanol–water partition coefficient (Wildman–Crippen LogP) is 4.29. The standard InChI is InChI=1S/C25H20N4O2/c30-24-14-18(16-29(24)20-9-2-1-3-10-20)25(31)27-19-8-6-7-17(13-19)23-15-26-21-11-4-5-12-22(21)28-23/h1-13,15,18H,14,16H2,(H,27,31)/t18-/m1/s1. The first-order chi connectivity index (χ1) is 15.2. The number of nitrogens with zero attached hydrogens (tertiary/aromatic N) is 3. The lowest BCUT2D eigenvalue weighted by Crippen LogP contribution is -2.28. The normalized spacial score (nSPS) is 15.9. The summed E-state index contributed by atoms with van der Waals surface area (Å²) in [6.07, 6.45) is 1.94. The van der Waals surface area contributed by atoms with Crippen LogP contribution in [-0.2, 0) is 9.59 Å². The first kappa shape index (κ1) is 18.9. The lowest BCUT2D eigenvalue weighted by molar-refractivity contribution is -0.122. The van der Waals surface area contributed by atoms with E-state index in [2.05, 4.69) is 15.3 Å². The average molecular weight is 408 g/mol. The molecule has 0 radical (unpaired) electrons. The fourth-order valence-corrected chi connectivity index (χ4v) is 3.84. The quantitative estimate of drug-likeness (QED) is 0.547. The van der Waals surface area contributed by atoms with Crippen molar-refractivity contribution in [2.24, 2.45) is 5.92 Å². The van der Waals surface area contributed by atoms with E-state index in [0.717, 1.165) is 28.0 Å². The molecule has 1 N–H and O–H groups in total. The fourth-order valence-electron chi connectivity index (χ4n) is 3.84. The molecule has 6 nitrogen and oxygen atoms in total. The highest BCUT2D eigenvalue weighted by atomic mass is 16.2. The smallest absolute Gasteiger partial charge is 0.229 e. The summed E-state index contributed by atoms with van der Waals surface area (Å²) in [5, 5.41) is 2.96. The molecule has 1 saturated heterocycles. The number of hydrogen-bond acceptors (Lipinski definition) is 4. The van der Waals surface area contributed by atoms with Crippen molar-refractivity contribution in [3.05, 3.63) is 85.1 Å². The molecule has 31 heavy (non-hydrogen) atoms. The summed E-state index contributed by atoms with van der Waals surface area (Å²) >= 11 is 0. The predicted molar refractivity (Wildman–Crippen MR) is 121 cm³/mol. The van der Waals surface area contributed by atoms with Crippen molar-refractivity contribution < 1.29 is 9.59 Å². The van der Waals surface area contributed by atoms with Crippen LogP contribution in [0.1, 0.15) is 6.42 Å². The number of aromatic nitrogens is 2. The van der Waals surface area contributed by atoms with Gasteiger partial charge in [0, 0.05) is 29.9 Å². The van der Waals surface area contributed by atoms with Gasteiger partial charge >= 0.3 is 0 Å². The molecule has 0 bridgehead atoms. The number of amides is 2. The average Bonchev–Trinajstić information content (AvgIpc) is 3.21. The second-order valence-corrected chi connectivity index (χ2v) is 7.55.